The summed E-state index contributed by atoms with van der Waals surface area (Å²) in [5.41, 5.74) is 7.16. The van der Waals surface area contributed by atoms with Crippen LogP contribution in [0.3, 0.4) is 0 Å². The highest BCUT2D eigenvalue weighted by molar-refractivity contribution is 5.73. The Morgan fingerprint density at radius 1 is 1.48 bits per heavy atom. The van der Waals surface area contributed by atoms with Crippen LogP contribution in [0.25, 0.3) is 11.4 Å². The number of para-hydroxylation sites is 1. The number of ether oxygens (including phenoxy) is 2. The predicted molar refractivity (Wildman–Crippen MR) is 77.9 cm³/mol. The lowest BCUT2D eigenvalue weighted by atomic mass is 10.0. The van der Waals surface area contributed by atoms with Gasteiger partial charge in [-0.15, -0.1) is 5.10 Å². The molecule has 2 N–H and O–H groups in total. The van der Waals surface area contributed by atoms with Gasteiger partial charge in [0.15, 0.2) is 11.6 Å². The molecule has 0 spiro atoms. The van der Waals surface area contributed by atoms with Crippen molar-refractivity contribution in [2.45, 2.75) is 25.8 Å². The molecular weight excluding hydrogens is 270 g/mol. The molecule has 1 saturated heterocycles. The molecule has 7 nitrogen and oxygen atoms in total. The molecule has 7 heteroatoms. The number of rotatable bonds is 4. The lowest BCUT2D eigenvalue weighted by molar-refractivity contribution is 0.155. The number of benzene rings is 1. The van der Waals surface area contributed by atoms with E-state index in [0.717, 1.165) is 12.0 Å². The van der Waals surface area contributed by atoms with Gasteiger partial charge in [0, 0.05) is 6.61 Å². The standard InChI is InChI=1S/C14H19N5O2/c1-3-21-12-10(5-4-6-11(12)15)13-16-17-18-19(13)14(2)7-8-20-9-14/h4-6H,3,7-9,15H2,1-2H3. The summed E-state index contributed by atoms with van der Waals surface area (Å²) in [6, 6.07) is 5.60. The fourth-order valence-electron chi connectivity index (χ4n) is 2.58. The van der Waals surface area contributed by atoms with Crippen LogP contribution in [-0.4, -0.2) is 40.0 Å². The van der Waals surface area contributed by atoms with Crippen molar-refractivity contribution in [3.05, 3.63) is 18.2 Å². The Morgan fingerprint density at radius 3 is 3.05 bits per heavy atom. The Hall–Kier alpha value is -2.15. The Morgan fingerprint density at radius 2 is 2.33 bits per heavy atom. The highest BCUT2D eigenvalue weighted by Crippen LogP contribution is 2.36. The SMILES string of the molecule is CCOc1c(N)cccc1-c1nnnn1C1(C)CCOC1. The van der Waals surface area contributed by atoms with E-state index in [1.807, 2.05) is 29.8 Å². The first-order valence-corrected chi connectivity index (χ1v) is 7.04. The third-order valence-corrected chi connectivity index (χ3v) is 3.75. The number of nitrogens with zero attached hydrogens (tertiary/aromatic N) is 4. The van der Waals surface area contributed by atoms with Gasteiger partial charge in [-0.3, -0.25) is 0 Å². The van der Waals surface area contributed by atoms with Gasteiger partial charge < -0.3 is 15.2 Å². The van der Waals surface area contributed by atoms with Crippen molar-refractivity contribution in [2.75, 3.05) is 25.6 Å². The lowest BCUT2D eigenvalue weighted by Gasteiger charge is -2.23. The molecule has 1 aromatic carbocycles. The fourth-order valence-corrected chi connectivity index (χ4v) is 2.58. The van der Waals surface area contributed by atoms with Crippen LogP contribution >= 0.6 is 0 Å². The number of hydrogen-bond acceptors (Lipinski definition) is 6. The van der Waals surface area contributed by atoms with Crippen LogP contribution in [0, 0.1) is 0 Å². The summed E-state index contributed by atoms with van der Waals surface area (Å²) in [5.74, 6) is 1.28. The van der Waals surface area contributed by atoms with E-state index in [2.05, 4.69) is 22.4 Å². The predicted octanol–water partition coefficient (Wildman–Crippen LogP) is 1.46. The summed E-state index contributed by atoms with van der Waals surface area (Å²) in [4.78, 5) is 0. The van der Waals surface area contributed by atoms with E-state index < -0.39 is 0 Å². The third-order valence-electron chi connectivity index (χ3n) is 3.75. The first-order chi connectivity index (χ1) is 10.2. The average Bonchev–Trinajstić information content (AvgIpc) is 3.11. The van der Waals surface area contributed by atoms with Gasteiger partial charge in [-0.1, -0.05) is 6.07 Å². The van der Waals surface area contributed by atoms with Crippen LogP contribution in [0.1, 0.15) is 20.3 Å². The second-order valence-electron chi connectivity index (χ2n) is 5.37. The number of nitrogens with two attached hydrogens (primary N) is 1. The minimum absolute atomic E-state index is 0.243. The molecular formula is C14H19N5O2. The van der Waals surface area contributed by atoms with Crippen LogP contribution < -0.4 is 10.5 Å². The van der Waals surface area contributed by atoms with Crippen LogP contribution in [0.15, 0.2) is 18.2 Å². The van der Waals surface area contributed by atoms with E-state index in [0.29, 0.717) is 37.1 Å². The zero-order chi connectivity index (χ0) is 14.9. The Balaban J connectivity index is 2.10. The van der Waals surface area contributed by atoms with Gasteiger partial charge >= 0.3 is 0 Å². The second kappa shape index (κ2) is 5.33. The normalized spacial score (nSPS) is 21.6. The molecule has 0 bridgehead atoms. The first kappa shape index (κ1) is 13.8. The van der Waals surface area contributed by atoms with E-state index >= 15 is 0 Å². The van der Waals surface area contributed by atoms with Crippen molar-refractivity contribution in [3.8, 4) is 17.1 Å². The van der Waals surface area contributed by atoms with Crippen molar-refractivity contribution in [1.82, 2.24) is 20.2 Å². The van der Waals surface area contributed by atoms with Crippen molar-refractivity contribution in [1.29, 1.82) is 0 Å². The minimum atomic E-state index is -0.243. The van der Waals surface area contributed by atoms with Gasteiger partial charge in [-0.25, -0.2) is 4.68 Å². The molecule has 1 unspecified atom stereocenters. The van der Waals surface area contributed by atoms with Crippen molar-refractivity contribution in [2.24, 2.45) is 0 Å². The zero-order valence-electron chi connectivity index (χ0n) is 12.2. The smallest absolute Gasteiger partial charge is 0.186 e. The molecule has 1 aliphatic rings. The monoisotopic (exact) mass is 289 g/mol. The van der Waals surface area contributed by atoms with Crippen molar-refractivity contribution >= 4 is 5.69 Å². The van der Waals surface area contributed by atoms with Crippen molar-refractivity contribution < 1.29 is 9.47 Å². The summed E-state index contributed by atoms with van der Waals surface area (Å²) in [6.07, 6.45) is 0.872. The highest BCUT2D eigenvalue weighted by Gasteiger charge is 2.36. The molecule has 0 radical (unpaired) electrons. The van der Waals surface area contributed by atoms with Crippen LogP contribution in [0.4, 0.5) is 5.69 Å². The molecule has 1 atom stereocenters. The van der Waals surface area contributed by atoms with Crippen LogP contribution in [0.2, 0.25) is 0 Å². The highest BCUT2D eigenvalue weighted by atomic mass is 16.5. The third kappa shape index (κ3) is 2.33. The number of tetrazole rings is 1. The molecule has 1 aromatic heterocycles. The molecule has 2 heterocycles. The van der Waals surface area contributed by atoms with Gasteiger partial charge in [0.25, 0.3) is 0 Å². The quantitative estimate of drug-likeness (QED) is 0.857. The van der Waals surface area contributed by atoms with E-state index in [9.17, 15) is 0 Å². The summed E-state index contributed by atoms with van der Waals surface area (Å²) in [5, 5.41) is 12.2. The molecule has 1 aliphatic heterocycles. The molecule has 21 heavy (non-hydrogen) atoms. The van der Waals surface area contributed by atoms with E-state index in [-0.39, 0.29) is 5.54 Å². The van der Waals surface area contributed by atoms with Gasteiger partial charge in [-0.05, 0) is 42.8 Å². The second-order valence-corrected chi connectivity index (χ2v) is 5.37. The topological polar surface area (TPSA) is 88.1 Å². The molecule has 112 valence electrons. The summed E-state index contributed by atoms with van der Waals surface area (Å²) >= 11 is 0. The molecule has 0 amide bonds. The Kier molecular flexibility index (Phi) is 3.50. The van der Waals surface area contributed by atoms with E-state index in [1.165, 1.54) is 0 Å². The Bertz CT molecular complexity index is 634. The van der Waals surface area contributed by atoms with Gasteiger partial charge in [-0.2, -0.15) is 0 Å². The van der Waals surface area contributed by atoms with Gasteiger partial charge in [0.2, 0.25) is 0 Å². The summed E-state index contributed by atoms with van der Waals surface area (Å²) < 4.78 is 13.0. The minimum Gasteiger partial charge on any atom is -0.491 e. The molecule has 3 rings (SSSR count). The summed E-state index contributed by atoms with van der Waals surface area (Å²) in [6.45, 7) is 5.85. The molecule has 0 saturated carbocycles. The summed E-state index contributed by atoms with van der Waals surface area (Å²) in [7, 11) is 0. The maximum absolute atomic E-state index is 6.02. The maximum atomic E-state index is 6.02. The average molecular weight is 289 g/mol. The van der Waals surface area contributed by atoms with Crippen LogP contribution in [-0.2, 0) is 10.3 Å². The molecule has 1 fully saturated rings. The van der Waals surface area contributed by atoms with Crippen LogP contribution in [0.5, 0.6) is 5.75 Å². The molecule has 2 aromatic rings. The number of hydrogen-bond donors (Lipinski definition) is 1. The zero-order valence-corrected chi connectivity index (χ0v) is 12.2. The molecule has 0 aliphatic carbocycles. The van der Waals surface area contributed by atoms with E-state index in [4.69, 9.17) is 15.2 Å². The van der Waals surface area contributed by atoms with Gasteiger partial charge in [0.1, 0.15) is 0 Å². The number of anilines is 1. The number of nitrogen functional groups attached to an aromatic ring is 1. The first-order valence-electron chi connectivity index (χ1n) is 7.04. The fraction of sp³-hybridized carbons (Fsp3) is 0.500. The Labute approximate surface area is 123 Å². The lowest BCUT2D eigenvalue weighted by Crippen LogP contribution is -2.32. The van der Waals surface area contributed by atoms with E-state index in [1.54, 1.807) is 0 Å². The maximum Gasteiger partial charge on any atom is 0.186 e. The van der Waals surface area contributed by atoms with Crippen molar-refractivity contribution in [3.63, 3.8) is 0 Å². The largest absolute Gasteiger partial charge is 0.491 e. The number of aromatic nitrogens is 4. The van der Waals surface area contributed by atoms with Gasteiger partial charge in [0.05, 0.1) is 30.0 Å².